The molecule has 4 aromatic rings. The Hall–Kier alpha value is -4.51. The Kier molecular flexibility index (Phi) is 5.16. The van der Waals surface area contributed by atoms with Crippen molar-refractivity contribution in [3.05, 3.63) is 77.5 Å². The molecule has 1 amide bonds. The van der Waals surface area contributed by atoms with E-state index in [4.69, 9.17) is 0 Å². The molecule has 3 aromatic carbocycles. The lowest BCUT2D eigenvalue weighted by atomic mass is 10.0. The first kappa shape index (κ1) is 19.8. The van der Waals surface area contributed by atoms with E-state index < -0.39 is 5.91 Å². The van der Waals surface area contributed by atoms with Gasteiger partial charge in [0.25, 0.3) is 5.91 Å². The largest absolute Gasteiger partial charge is 0.505 e. The second-order valence-corrected chi connectivity index (χ2v) is 6.93. The highest BCUT2D eigenvalue weighted by Crippen LogP contribution is 2.39. The van der Waals surface area contributed by atoms with Crippen LogP contribution in [0.25, 0.3) is 10.8 Å². The Morgan fingerprint density at radius 3 is 2.68 bits per heavy atom. The van der Waals surface area contributed by atoms with Crippen molar-refractivity contribution in [2.45, 2.75) is 6.92 Å². The number of phenolic OH excluding ortho intramolecular Hbond substituents is 1. The summed E-state index contributed by atoms with van der Waals surface area (Å²) in [6.45, 7) is 1.89. The van der Waals surface area contributed by atoms with Crippen molar-refractivity contribution in [3.63, 3.8) is 0 Å². The lowest BCUT2D eigenvalue weighted by Gasteiger charge is -2.12. The molecule has 0 aliphatic rings. The van der Waals surface area contributed by atoms with Gasteiger partial charge in [-0.1, -0.05) is 42.5 Å². The van der Waals surface area contributed by atoms with Gasteiger partial charge in [0.05, 0.1) is 11.8 Å². The summed E-state index contributed by atoms with van der Waals surface area (Å²) in [6.07, 6.45) is 1.39. The van der Waals surface area contributed by atoms with Crippen molar-refractivity contribution < 1.29 is 9.90 Å². The summed E-state index contributed by atoms with van der Waals surface area (Å²) in [4.78, 5) is 13.0. The smallest absolute Gasteiger partial charge is 0.259 e. The molecule has 0 radical (unpaired) electrons. The molecule has 2 N–H and O–H groups in total. The molecule has 0 saturated heterocycles. The minimum Gasteiger partial charge on any atom is -0.505 e. The van der Waals surface area contributed by atoms with Crippen LogP contribution in [0, 0.1) is 18.3 Å². The molecule has 0 unspecified atom stereocenters. The van der Waals surface area contributed by atoms with Gasteiger partial charge in [-0.25, -0.2) is 4.68 Å². The van der Waals surface area contributed by atoms with Crippen molar-refractivity contribution in [2.75, 3.05) is 5.32 Å². The predicted molar refractivity (Wildman–Crippen MR) is 117 cm³/mol. The van der Waals surface area contributed by atoms with Crippen LogP contribution in [0.5, 0.6) is 5.75 Å². The fraction of sp³-hybridized carbons (Fsp3) is 0.0870. The third-order valence-electron chi connectivity index (χ3n) is 4.91. The van der Waals surface area contributed by atoms with Crippen molar-refractivity contribution in [1.29, 1.82) is 5.26 Å². The highest BCUT2D eigenvalue weighted by Gasteiger charge is 2.19. The maximum Gasteiger partial charge on any atom is 0.259 e. The number of para-hydroxylation sites is 1. The number of carbonyl (C=O) groups excluding carboxylic acids is 1. The second-order valence-electron chi connectivity index (χ2n) is 6.93. The number of fused-ring (bicyclic) bond motifs is 1. The quantitative estimate of drug-likeness (QED) is 0.454. The fourth-order valence-electron chi connectivity index (χ4n) is 3.22. The Labute approximate surface area is 178 Å². The van der Waals surface area contributed by atoms with Crippen LogP contribution in [0.3, 0.4) is 0 Å². The summed E-state index contributed by atoms with van der Waals surface area (Å²) in [7, 11) is 1.64. The van der Waals surface area contributed by atoms with Crippen molar-refractivity contribution in [2.24, 2.45) is 17.3 Å². The van der Waals surface area contributed by atoms with Gasteiger partial charge in [0.15, 0.2) is 11.6 Å². The minimum atomic E-state index is -0.466. The van der Waals surface area contributed by atoms with Gasteiger partial charge < -0.3 is 10.4 Å². The fourth-order valence-corrected chi connectivity index (χ4v) is 3.22. The summed E-state index contributed by atoms with van der Waals surface area (Å²) >= 11 is 0. The van der Waals surface area contributed by atoms with Crippen LogP contribution in [0.1, 0.15) is 21.5 Å². The number of aryl methyl sites for hydroxylation is 2. The molecule has 0 bridgehead atoms. The van der Waals surface area contributed by atoms with Gasteiger partial charge in [0.2, 0.25) is 0 Å². The molecule has 4 rings (SSSR count). The van der Waals surface area contributed by atoms with Gasteiger partial charge >= 0.3 is 0 Å². The van der Waals surface area contributed by atoms with Crippen molar-refractivity contribution >= 4 is 33.9 Å². The van der Waals surface area contributed by atoms with Crippen LogP contribution in [-0.4, -0.2) is 20.8 Å². The molecule has 1 heterocycles. The van der Waals surface area contributed by atoms with Crippen LogP contribution in [0.2, 0.25) is 0 Å². The van der Waals surface area contributed by atoms with Crippen molar-refractivity contribution in [1.82, 2.24) is 9.78 Å². The lowest BCUT2D eigenvalue weighted by Crippen LogP contribution is -2.13. The number of aromatic nitrogens is 2. The van der Waals surface area contributed by atoms with E-state index in [1.54, 1.807) is 31.3 Å². The number of hydrogen-bond acceptors (Lipinski definition) is 6. The topological polar surface area (TPSA) is 116 Å². The molecule has 0 aliphatic carbocycles. The van der Waals surface area contributed by atoms with E-state index in [9.17, 15) is 15.2 Å². The summed E-state index contributed by atoms with van der Waals surface area (Å²) in [5.74, 6) is -0.512. The standard InChI is InChI=1S/C23H18N6O2/c1-14-7-3-6-10-19(14)26-23(31)18-11-15-8-4-5-9-17(15)20(21(18)30)27-28-22-16(12-24)13-25-29(22)2/h3-11,13,30H,1-2H3,(H,26,31). The van der Waals surface area contributed by atoms with E-state index in [1.165, 1.54) is 10.9 Å². The monoisotopic (exact) mass is 410 g/mol. The maximum absolute atomic E-state index is 13.0. The lowest BCUT2D eigenvalue weighted by molar-refractivity contribution is 0.102. The second kappa shape index (κ2) is 8.08. The molecule has 0 fully saturated rings. The Morgan fingerprint density at radius 1 is 1.16 bits per heavy atom. The highest BCUT2D eigenvalue weighted by molar-refractivity contribution is 6.11. The molecule has 0 spiro atoms. The van der Waals surface area contributed by atoms with Crippen molar-refractivity contribution in [3.8, 4) is 11.8 Å². The molecule has 1 aromatic heterocycles. The van der Waals surface area contributed by atoms with E-state index >= 15 is 0 Å². The molecule has 31 heavy (non-hydrogen) atoms. The summed E-state index contributed by atoms with van der Waals surface area (Å²) in [6, 6.07) is 18.2. The predicted octanol–water partition coefficient (Wildman–Crippen LogP) is 5.13. The maximum atomic E-state index is 13.0. The van der Waals surface area contributed by atoms with Crippen LogP contribution >= 0.6 is 0 Å². The average Bonchev–Trinajstić information content (AvgIpc) is 3.13. The van der Waals surface area contributed by atoms with Gasteiger partial charge in [-0.05, 0) is 30.0 Å². The molecule has 0 atom stereocenters. The zero-order valence-corrected chi connectivity index (χ0v) is 16.9. The first-order chi connectivity index (χ1) is 15.0. The van der Waals surface area contributed by atoms with Crippen LogP contribution in [-0.2, 0) is 7.05 Å². The van der Waals surface area contributed by atoms with Crippen LogP contribution < -0.4 is 5.32 Å². The number of nitrogens with one attached hydrogen (secondary N) is 1. The Balaban J connectivity index is 1.82. The number of carbonyl (C=O) groups is 1. The molecule has 0 aliphatic heterocycles. The van der Waals surface area contributed by atoms with Gasteiger partial charge in [0.1, 0.15) is 17.3 Å². The minimum absolute atomic E-state index is 0.0708. The van der Waals surface area contributed by atoms with Gasteiger partial charge in [-0.15, -0.1) is 10.2 Å². The molecular formula is C23H18N6O2. The Bertz CT molecular complexity index is 1380. The number of aromatic hydroxyl groups is 1. The van der Waals surface area contributed by atoms with E-state index in [0.29, 0.717) is 11.1 Å². The molecule has 152 valence electrons. The normalized spacial score (nSPS) is 11.0. The number of benzene rings is 3. The van der Waals surface area contributed by atoms with E-state index in [2.05, 4.69) is 20.6 Å². The summed E-state index contributed by atoms with van der Waals surface area (Å²) < 4.78 is 1.41. The van der Waals surface area contributed by atoms with Gasteiger partial charge in [-0.3, -0.25) is 4.79 Å². The number of rotatable bonds is 4. The zero-order chi connectivity index (χ0) is 22.0. The van der Waals surface area contributed by atoms with Crippen LogP contribution in [0.15, 0.2) is 71.0 Å². The number of azo groups is 1. The average molecular weight is 410 g/mol. The van der Waals surface area contributed by atoms with E-state index in [0.717, 1.165) is 10.9 Å². The highest BCUT2D eigenvalue weighted by atomic mass is 16.3. The SMILES string of the molecule is Cc1ccccc1NC(=O)c1cc2ccccc2c(N=Nc2c(C#N)cnn2C)c1O. The number of anilines is 1. The first-order valence-corrected chi connectivity index (χ1v) is 9.45. The third kappa shape index (κ3) is 3.72. The number of nitriles is 1. The summed E-state index contributed by atoms with van der Waals surface area (Å²) in [5.41, 5.74) is 2.01. The van der Waals surface area contributed by atoms with Gasteiger partial charge in [-0.2, -0.15) is 10.4 Å². The third-order valence-corrected chi connectivity index (χ3v) is 4.91. The van der Waals surface area contributed by atoms with E-state index in [-0.39, 0.29) is 28.4 Å². The molecule has 0 saturated carbocycles. The van der Waals surface area contributed by atoms with Crippen LogP contribution in [0.4, 0.5) is 17.2 Å². The number of phenols is 1. The zero-order valence-electron chi connectivity index (χ0n) is 16.9. The molecule has 8 heteroatoms. The Morgan fingerprint density at radius 2 is 1.90 bits per heavy atom. The van der Waals surface area contributed by atoms with Gasteiger partial charge in [0, 0.05) is 18.1 Å². The summed E-state index contributed by atoms with van der Waals surface area (Å²) in [5, 5.41) is 36.6. The first-order valence-electron chi connectivity index (χ1n) is 9.45. The number of hydrogen-bond donors (Lipinski definition) is 2. The number of nitrogens with zero attached hydrogens (tertiary/aromatic N) is 5. The molecular weight excluding hydrogens is 392 g/mol. The van der Waals surface area contributed by atoms with E-state index in [1.807, 2.05) is 43.3 Å². The molecule has 8 nitrogen and oxygen atoms in total. The number of amides is 1.